The molecule has 7 heteroatoms. The Kier molecular flexibility index (Phi) is 5.03. The van der Waals surface area contributed by atoms with Gasteiger partial charge in [0.25, 0.3) is 0 Å². The molecule has 1 N–H and O–H groups in total. The average Bonchev–Trinajstić information content (AvgIpc) is 2.96. The van der Waals surface area contributed by atoms with Crippen molar-refractivity contribution in [2.45, 2.75) is 26.7 Å². The number of benzene rings is 1. The Morgan fingerprint density at radius 1 is 1.40 bits per heavy atom. The second-order valence-electron chi connectivity index (χ2n) is 6.09. The number of carbonyl (C=O) groups excluding carboxylic acids is 2. The fourth-order valence-corrected chi connectivity index (χ4v) is 3.91. The van der Waals surface area contributed by atoms with Gasteiger partial charge in [0, 0.05) is 11.9 Å². The Balaban J connectivity index is 1.78. The van der Waals surface area contributed by atoms with Crippen LogP contribution in [-0.2, 0) is 9.59 Å². The van der Waals surface area contributed by atoms with E-state index in [0.29, 0.717) is 24.6 Å². The molecule has 2 aromatic rings. The number of rotatable bonds is 5. The summed E-state index contributed by atoms with van der Waals surface area (Å²) in [4.78, 5) is 28.3. The van der Waals surface area contributed by atoms with Gasteiger partial charge in [0.15, 0.2) is 5.13 Å². The van der Waals surface area contributed by atoms with Crippen LogP contribution in [-0.4, -0.2) is 23.5 Å². The number of carboxylic acids is 1. The van der Waals surface area contributed by atoms with Crippen molar-refractivity contribution < 1.29 is 19.4 Å². The van der Waals surface area contributed by atoms with Crippen molar-refractivity contribution in [2.24, 2.45) is 11.8 Å². The molecule has 3 rings (SSSR count). The summed E-state index contributed by atoms with van der Waals surface area (Å²) in [6, 6.07) is 5.55. The Morgan fingerprint density at radius 2 is 2.20 bits per heavy atom. The molecule has 1 heterocycles. The summed E-state index contributed by atoms with van der Waals surface area (Å²) < 4.78 is 6.37. The van der Waals surface area contributed by atoms with Crippen LogP contribution in [0.25, 0.3) is 10.2 Å². The first-order chi connectivity index (χ1) is 12.0. The molecule has 1 aromatic carbocycles. The van der Waals surface area contributed by atoms with Gasteiger partial charge in [0.2, 0.25) is 5.91 Å². The smallest absolute Gasteiger partial charge is 0.230 e. The van der Waals surface area contributed by atoms with Gasteiger partial charge in [0.05, 0.1) is 22.7 Å². The third-order valence-corrected chi connectivity index (χ3v) is 5.22. The summed E-state index contributed by atoms with van der Waals surface area (Å²) in [7, 11) is 0. The SMILES string of the molecule is CCOc1ccc2nc(NC(=O)[C@@H]3CC(C)=CC[C@H]3C(=O)[O-])sc2c1. The third-order valence-electron chi connectivity index (χ3n) is 4.29. The number of anilines is 1. The van der Waals surface area contributed by atoms with E-state index in [1.54, 1.807) is 0 Å². The van der Waals surface area contributed by atoms with Crippen molar-refractivity contribution in [1.29, 1.82) is 0 Å². The highest BCUT2D eigenvalue weighted by Crippen LogP contribution is 2.33. The molecule has 0 radical (unpaired) electrons. The molecule has 0 fully saturated rings. The number of aromatic nitrogens is 1. The number of fused-ring (bicyclic) bond motifs is 1. The van der Waals surface area contributed by atoms with Crippen LogP contribution in [0.3, 0.4) is 0 Å². The molecule has 1 aliphatic carbocycles. The van der Waals surface area contributed by atoms with Gasteiger partial charge in [-0.25, -0.2) is 4.98 Å². The minimum absolute atomic E-state index is 0.323. The summed E-state index contributed by atoms with van der Waals surface area (Å²) in [6.45, 7) is 4.39. The standard InChI is InChI=1S/C18H20N2O4S/c1-3-24-11-5-7-14-15(9-11)25-18(19-14)20-16(21)13-8-10(2)4-6-12(13)17(22)23/h4-5,7,9,12-13H,3,6,8H2,1-2H3,(H,22,23)(H,19,20,21)/p-1/t12-,13-/m1/s1. The van der Waals surface area contributed by atoms with Crippen LogP contribution >= 0.6 is 11.3 Å². The van der Waals surface area contributed by atoms with E-state index in [1.165, 1.54) is 11.3 Å². The van der Waals surface area contributed by atoms with E-state index >= 15 is 0 Å². The van der Waals surface area contributed by atoms with Gasteiger partial charge in [-0.15, -0.1) is 0 Å². The highest BCUT2D eigenvalue weighted by atomic mass is 32.1. The van der Waals surface area contributed by atoms with E-state index in [9.17, 15) is 14.7 Å². The number of carbonyl (C=O) groups is 2. The molecule has 0 bridgehead atoms. The van der Waals surface area contributed by atoms with E-state index in [4.69, 9.17) is 4.74 Å². The number of carboxylic acid groups (broad SMARTS) is 1. The normalized spacial score (nSPS) is 20.2. The van der Waals surface area contributed by atoms with Gasteiger partial charge in [0.1, 0.15) is 5.75 Å². The summed E-state index contributed by atoms with van der Waals surface area (Å²) in [5, 5.41) is 14.5. The van der Waals surface area contributed by atoms with Crippen LogP contribution in [0.15, 0.2) is 29.8 Å². The average molecular weight is 359 g/mol. The van der Waals surface area contributed by atoms with Gasteiger partial charge in [-0.3, -0.25) is 4.79 Å². The van der Waals surface area contributed by atoms with E-state index in [0.717, 1.165) is 21.5 Å². The van der Waals surface area contributed by atoms with Crippen LogP contribution in [0.2, 0.25) is 0 Å². The Labute approximate surface area is 149 Å². The predicted molar refractivity (Wildman–Crippen MR) is 94.4 cm³/mol. The summed E-state index contributed by atoms with van der Waals surface area (Å²) in [5.41, 5.74) is 1.78. The third kappa shape index (κ3) is 3.82. The molecule has 0 saturated heterocycles. The van der Waals surface area contributed by atoms with E-state index in [2.05, 4.69) is 10.3 Å². The number of amides is 1. The van der Waals surface area contributed by atoms with Crippen LogP contribution in [0.4, 0.5) is 5.13 Å². The fourth-order valence-electron chi connectivity index (χ4n) is 3.01. The zero-order valence-electron chi connectivity index (χ0n) is 14.1. The highest BCUT2D eigenvalue weighted by molar-refractivity contribution is 7.22. The summed E-state index contributed by atoms with van der Waals surface area (Å²) >= 11 is 1.34. The summed E-state index contributed by atoms with van der Waals surface area (Å²) in [6.07, 6.45) is 2.60. The van der Waals surface area contributed by atoms with Crippen LogP contribution < -0.4 is 15.2 Å². The molecule has 0 unspecified atom stereocenters. The Bertz CT molecular complexity index is 843. The number of hydrogen-bond donors (Lipinski definition) is 1. The Morgan fingerprint density at radius 3 is 2.92 bits per heavy atom. The molecule has 0 spiro atoms. The molecular weight excluding hydrogens is 340 g/mol. The molecule has 0 aliphatic heterocycles. The van der Waals surface area contributed by atoms with E-state index < -0.39 is 17.8 Å². The van der Waals surface area contributed by atoms with Crippen LogP contribution in [0.5, 0.6) is 5.75 Å². The zero-order valence-corrected chi connectivity index (χ0v) is 14.9. The molecule has 132 valence electrons. The lowest BCUT2D eigenvalue weighted by molar-refractivity contribution is -0.313. The second-order valence-corrected chi connectivity index (χ2v) is 7.12. The van der Waals surface area contributed by atoms with Crippen molar-refractivity contribution in [3.05, 3.63) is 29.8 Å². The summed E-state index contributed by atoms with van der Waals surface area (Å²) in [5.74, 6) is -2.20. The highest BCUT2D eigenvalue weighted by Gasteiger charge is 2.32. The zero-order chi connectivity index (χ0) is 18.0. The van der Waals surface area contributed by atoms with E-state index in [-0.39, 0.29) is 5.91 Å². The number of thiazole rings is 1. The topological polar surface area (TPSA) is 91.3 Å². The second kappa shape index (κ2) is 7.23. The first-order valence-corrected chi connectivity index (χ1v) is 9.00. The first kappa shape index (κ1) is 17.4. The largest absolute Gasteiger partial charge is 0.550 e. The molecule has 25 heavy (non-hydrogen) atoms. The molecule has 2 atom stereocenters. The maximum absolute atomic E-state index is 12.6. The monoisotopic (exact) mass is 359 g/mol. The number of aliphatic carboxylic acids is 1. The van der Waals surface area contributed by atoms with Gasteiger partial charge >= 0.3 is 0 Å². The molecule has 0 saturated carbocycles. The van der Waals surface area contributed by atoms with E-state index in [1.807, 2.05) is 38.1 Å². The maximum atomic E-state index is 12.6. The van der Waals surface area contributed by atoms with Crippen molar-refractivity contribution in [2.75, 3.05) is 11.9 Å². The number of allylic oxidation sites excluding steroid dienone is 2. The van der Waals surface area contributed by atoms with Gasteiger partial charge in [-0.05, 0) is 44.9 Å². The fraction of sp³-hybridized carbons (Fsp3) is 0.389. The predicted octanol–water partition coefficient (Wildman–Crippen LogP) is 2.36. The lowest BCUT2D eigenvalue weighted by atomic mass is 9.79. The molecule has 1 aliphatic rings. The minimum atomic E-state index is -1.19. The van der Waals surface area contributed by atoms with Gasteiger partial charge < -0.3 is 20.0 Å². The first-order valence-electron chi connectivity index (χ1n) is 8.18. The Hall–Kier alpha value is -2.41. The van der Waals surface area contributed by atoms with Crippen molar-refractivity contribution >= 4 is 38.6 Å². The van der Waals surface area contributed by atoms with Crippen molar-refractivity contribution in [3.63, 3.8) is 0 Å². The van der Waals surface area contributed by atoms with Gasteiger partial charge in [-0.2, -0.15) is 0 Å². The molecular formula is C18H19N2O4S-. The van der Waals surface area contributed by atoms with Crippen LogP contribution in [0.1, 0.15) is 26.7 Å². The minimum Gasteiger partial charge on any atom is -0.550 e. The lowest BCUT2D eigenvalue weighted by Crippen LogP contribution is -2.42. The van der Waals surface area contributed by atoms with Gasteiger partial charge in [-0.1, -0.05) is 23.0 Å². The van der Waals surface area contributed by atoms with Crippen molar-refractivity contribution in [1.82, 2.24) is 4.98 Å². The molecule has 6 nitrogen and oxygen atoms in total. The molecule has 1 aromatic heterocycles. The van der Waals surface area contributed by atoms with Crippen LogP contribution in [0, 0.1) is 11.8 Å². The quantitative estimate of drug-likeness (QED) is 0.828. The number of nitrogens with zero attached hydrogens (tertiary/aromatic N) is 1. The number of ether oxygens (including phenoxy) is 1. The lowest BCUT2D eigenvalue weighted by Gasteiger charge is -2.29. The number of hydrogen-bond acceptors (Lipinski definition) is 6. The van der Waals surface area contributed by atoms with Crippen molar-refractivity contribution in [3.8, 4) is 5.75 Å². The number of nitrogens with one attached hydrogen (secondary N) is 1. The molecule has 1 amide bonds. The maximum Gasteiger partial charge on any atom is 0.230 e.